The minimum atomic E-state index is -0.649. The van der Waals surface area contributed by atoms with E-state index in [1.165, 1.54) is 12.1 Å². The molecule has 7 nitrogen and oxygen atoms in total. The minimum absolute atomic E-state index is 0. The number of hydrogen-bond donors (Lipinski definition) is 1. The summed E-state index contributed by atoms with van der Waals surface area (Å²) >= 11 is 0. The third-order valence-corrected chi connectivity index (χ3v) is 3.10. The van der Waals surface area contributed by atoms with Crippen LogP contribution in [-0.4, -0.2) is 41.9 Å². The summed E-state index contributed by atoms with van der Waals surface area (Å²) in [6, 6.07) is 2.82. The second-order valence-corrected chi connectivity index (χ2v) is 4.27. The van der Waals surface area contributed by atoms with E-state index >= 15 is 0 Å². The number of hydrogen-bond acceptors (Lipinski definition) is 5. The number of furan rings is 1. The second-order valence-electron chi connectivity index (χ2n) is 4.27. The van der Waals surface area contributed by atoms with E-state index in [0.717, 1.165) is 12.8 Å². The summed E-state index contributed by atoms with van der Waals surface area (Å²) in [5, 5.41) is 13.6. The summed E-state index contributed by atoms with van der Waals surface area (Å²) in [6.07, 6.45) is 1.94. The SMILES string of the molecule is CNC1CCCN(C(=O)c2ccc([N+](=O)[O-])o2)C1.Cl. The summed E-state index contributed by atoms with van der Waals surface area (Å²) in [4.78, 5) is 23.6. The molecule has 0 spiro atoms. The van der Waals surface area contributed by atoms with E-state index in [9.17, 15) is 14.9 Å². The van der Waals surface area contributed by atoms with E-state index < -0.39 is 10.8 Å². The molecule has 0 aromatic carbocycles. The van der Waals surface area contributed by atoms with Gasteiger partial charge in [-0.1, -0.05) is 0 Å². The van der Waals surface area contributed by atoms with Gasteiger partial charge in [0.1, 0.15) is 4.92 Å². The molecule has 1 atom stereocenters. The number of likely N-dealkylation sites (tertiary alicyclic amines) is 1. The predicted molar refractivity (Wildman–Crippen MR) is 70.6 cm³/mol. The van der Waals surface area contributed by atoms with Gasteiger partial charge in [-0.2, -0.15) is 0 Å². The molecular weight excluding hydrogens is 274 g/mol. The zero-order valence-electron chi connectivity index (χ0n) is 10.5. The van der Waals surface area contributed by atoms with E-state index in [1.807, 2.05) is 7.05 Å². The van der Waals surface area contributed by atoms with Crippen molar-refractivity contribution in [3.63, 3.8) is 0 Å². The number of rotatable bonds is 3. The second kappa shape index (κ2) is 6.53. The molecule has 1 aromatic heterocycles. The highest BCUT2D eigenvalue weighted by Crippen LogP contribution is 2.19. The summed E-state index contributed by atoms with van der Waals surface area (Å²) in [5.74, 6) is -0.665. The Hall–Kier alpha value is -1.60. The lowest BCUT2D eigenvalue weighted by Gasteiger charge is -2.31. The molecule has 0 saturated carbocycles. The number of nitro groups is 1. The Balaban J connectivity index is 0.00000180. The highest BCUT2D eigenvalue weighted by atomic mass is 35.5. The van der Waals surface area contributed by atoms with Gasteiger partial charge in [0.25, 0.3) is 5.91 Å². The van der Waals surface area contributed by atoms with Crippen LogP contribution >= 0.6 is 12.4 Å². The quantitative estimate of drug-likeness (QED) is 0.672. The van der Waals surface area contributed by atoms with Crippen molar-refractivity contribution < 1.29 is 14.1 Å². The molecule has 1 saturated heterocycles. The zero-order chi connectivity index (χ0) is 13.1. The number of likely N-dealkylation sites (N-methyl/N-ethyl adjacent to an activating group) is 1. The molecule has 0 bridgehead atoms. The maximum absolute atomic E-state index is 12.1. The van der Waals surface area contributed by atoms with Crippen LogP contribution in [0.1, 0.15) is 23.4 Å². The van der Waals surface area contributed by atoms with Crippen molar-refractivity contribution in [1.82, 2.24) is 10.2 Å². The monoisotopic (exact) mass is 289 g/mol. The van der Waals surface area contributed by atoms with Crippen molar-refractivity contribution in [3.05, 3.63) is 28.0 Å². The van der Waals surface area contributed by atoms with E-state index in [0.29, 0.717) is 13.1 Å². The number of nitrogens with one attached hydrogen (secondary N) is 1. The molecule has 2 rings (SSSR count). The van der Waals surface area contributed by atoms with Gasteiger partial charge >= 0.3 is 5.88 Å². The Labute approximate surface area is 116 Å². The number of carbonyl (C=O) groups excluding carboxylic acids is 1. The lowest BCUT2D eigenvalue weighted by atomic mass is 10.1. The zero-order valence-corrected chi connectivity index (χ0v) is 11.3. The van der Waals surface area contributed by atoms with Gasteiger partial charge in [-0.3, -0.25) is 14.9 Å². The minimum Gasteiger partial charge on any atom is -0.395 e. The Morgan fingerprint density at radius 3 is 2.89 bits per heavy atom. The van der Waals surface area contributed by atoms with Crippen LogP contribution in [0.3, 0.4) is 0 Å². The van der Waals surface area contributed by atoms with Crippen LogP contribution in [0.2, 0.25) is 0 Å². The first-order valence-corrected chi connectivity index (χ1v) is 5.82. The van der Waals surface area contributed by atoms with E-state index in [-0.39, 0.29) is 30.1 Å². The number of nitrogens with zero attached hydrogens (tertiary/aromatic N) is 2. The summed E-state index contributed by atoms with van der Waals surface area (Å²) < 4.78 is 4.92. The first kappa shape index (κ1) is 15.5. The number of halogens is 1. The highest BCUT2D eigenvalue weighted by Gasteiger charge is 2.26. The summed E-state index contributed by atoms with van der Waals surface area (Å²) in [6.45, 7) is 1.26. The van der Waals surface area contributed by atoms with Crippen molar-refractivity contribution >= 4 is 24.2 Å². The molecule has 2 heterocycles. The average molecular weight is 290 g/mol. The molecule has 0 aliphatic carbocycles. The highest BCUT2D eigenvalue weighted by molar-refractivity contribution is 5.91. The topological polar surface area (TPSA) is 88.6 Å². The standard InChI is InChI=1S/C11H15N3O4.ClH/c1-12-8-3-2-6-13(7-8)11(15)9-4-5-10(18-9)14(16)17;/h4-5,8,12H,2-3,6-7H2,1H3;1H. The van der Waals surface area contributed by atoms with Gasteiger partial charge in [-0.25, -0.2) is 0 Å². The molecule has 1 amide bonds. The molecule has 19 heavy (non-hydrogen) atoms. The van der Waals surface area contributed by atoms with Gasteiger partial charge in [0.2, 0.25) is 0 Å². The average Bonchev–Trinajstić information content (AvgIpc) is 2.87. The molecular formula is C11H16ClN3O4. The lowest BCUT2D eigenvalue weighted by Crippen LogP contribution is -2.46. The van der Waals surface area contributed by atoms with Crippen molar-refractivity contribution in [2.45, 2.75) is 18.9 Å². The normalized spacial score (nSPS) is 18.8. The Bertz CT molecular complexity index is 463. The molecule has 1 aliphatic rings. The fourth-order valence-electron chi connectivity index (χ4n) is 2.09. The predicted octanol–water partition coefficient (Wildman–Crippen LogP) is 1.43. The number of carbonyl (C=O) groups is 1. The van der Waals surface area contributed by atoms with Gasteiger partial charge in [-0.15, -0.1) is 12.4 Å². The first-order valence-electron chi connectivity index (χ1n) is 5.82. The van der Waals surface area contributed by atoms with Crippen LogP contribution in [0.5, 0.6) is 0 Å². The first-order chi connectivity index (χ1) is 8.61. The molecule has 8 heteroatoms. The van der Waals surface area contributed by atoms with E-state index in [2.05, 4.69) is 5.32 Å². The van der Waals surface area contributed by atoms with Gasteiger partial charge in [0, 0.05) is 19.1 Å². The Morgan fingerprint density at radius 1 is 1.58 bits per heavy atom. The van der Waals surface area contributed by atoms with E-state index in [4.69, 9.17) is 4.42 Å². The van der Waals surface area contributed by atoms with Gasteiger partial charge < -0.3 is 14.6 Å². The van der Waals surface area contributed by atoms with Gasteiger partial charge in [0.05, 0.1) is 6.07 Å². The van der Waals surface area contributed by atoms with Crippen molar-refractivity contribution in [1.29, 1.82) is 0 Å². The van der Waals surface area contributed by atoms with E-state index in [1.54, 1.807) is 4.90 Å². The maximum Gasteiger partial charge on any atom is 0.433 e. The lowest BCUT2D eigenvalue weighted by molar-refractivity contribution is -0.402. The van der Waals surface area contributed by atoms with Crippen molar-refractivity contribution in [2.24, 2.45) is 0 Å². The molecule has 1 unspecified atom stereocenters. The van der Waals surface area contributed by atoms with Crippen LogP contribution in [-0.2, 0) is 0 Å². The third-order valence-electron chi connectivity index (χ3n) is 3.10. The molecule has 1 fully saturated rings. The van der Waals surface area contributed by atoms with Crippen LogP contribution < -0.4 is 5.32 Å². The number of piperidine rings is 1. The van der Waals surface area contributed by atoms with Crippen LogP contribution in [0, 0.1) is 10.1 Å². The molecule has 0 radical (unpaired) electrons. The maximum atomic E-state index is 12.1. The van der Waals surface area contributed by atoms with Gasteiger partial charge in [0.15, 0.2) is 5.76 Å². The Kier molecular flexibility index (Phi) is 5.31. The molecule has 1 aliphatic heterocycles. The van der Waals surface area contributed by atoms with Crippen LogP contribution in [0.25, 0.3) is 0 Å². The number of amides is 1. The largest absolute Gasteiger partial charge is 0.433 e. The molecule has 106 valence electrons. The van der Waals surface area contributed by atoms with Gasteiger partial charge in [-0.05, 0) is 26.0 Å². The fraction of sp³-hybridized carbons (Fsp3) is 0.545. The van der Waals surface area contributed by atoms with Crippen LogP contribution in [0.15, 0.2) is 16.5 Å². The molecule has 1 N–H and O–H groups in total. The van der Waals surface area contributed by atoms with Crippen LogP contribution in [0.4, 0.5) is 5.88 Å². The Morgan fingerprint density at radius 2 is 2.32 bits per heavy atom. The van der Waals surface area contributed by atoms with Crippen molar-refractivity contribution in [3.8, 4) is 0 Å². The van der Waals surface area contributed by atoms with Crippen molar-refractivity contribution in [2.75, 3.05) is 20.1 Å². The molecule has 1 aromatic rings. The fourth-order valence-corrected chi connectivity index (χ4v) is 2.09. The summed E-state index contributed by atoms with van der Waals surface area (Å²) in [7, 11) is 1.86. The third kappa shape index (κ3) is 3.45. The smallest absolute Gasteiger partial charge is 0.395 e. The summed E-state index contributed by atoms with van der Waals surface area (Å²) in [5.41, 5.74) is 0.